The third-order valence-electron chi connectivity index (χ3n) is 4.72. The van der Waals surface area contributed by atoms with E-state index in [2.05, 4.69) is 57.7 Å². The summed E-state index contributed by atoms with van der Waals surface area (Å²) in [7, 11) is 0. The Morgan fingerprint density at radius 1 is 1.35 bits per heavy atom. The summed E-state index contributed by atoms with van der Waals surface area (Å²) >= 11 is 5.53. The molecule has 0 amide bonds. The molecule has 20 heavy (non-hydrogen) atoms. The molecule has 2 rings (SSSR count). The van der Waals surface area contributed by atoms with Gasteiger partial charge in [-0.1, -0.05) is 13.8 Å². The lowest BCUT2D eigenvalue weighted by Crippen LogP contribution is -2.53. The van der Waals surface area contributed by atoms with Crippen LogP contribution in [0.15, 0.2) is 15.2 Å². The van der Waals surface area contributed by atoms with Crippen molar-refractivity contribution in [3.8, 4) is 0 Å². The lowest BCUT2D eigenvalue weighted by molar-refractivity contribution is 0.0838. The van der Waals surface area contributed by atoms with Crippen LogP contribution in [0.3, 0.4) is 0 Å². The topological polar surface area (TPSA) is 15.3 Å². The minimum Gasteiger partial charge on any atom is -0.308 e. The number of halogens is 1. The average molecular weight is 359 g/mol. The molecule has 1 N–H and O–H groups in total. The van der Waals surface area contributed by atoms with E-state index in [0.29, 0.717) is 6.04 Å². The number of hydrogen-bond acceptors (Lipinski definition) is 3. The van der Waals surface area contributed by atoms with Gasteiger partial charge >= 0.3 is 0 Å². The van der Waals surface area contributed by atoms with Crippen LogP contribution in [0.2, 0.25) is 0 Å². The average Bonchev–Trinajstić information content (AvgIpc) is 3.11. The zero-order valence-electron chi connectivity index (χ0n) is 12.9. The molecular formula is C16H27BrN2S. The van der Waals surface area contributed by atoms with Crippen LogP contribution in [0.4, 0.5) is 0 Å². The normalized spacial score (nSPS) is 21.0. The van der Waals surface area contributed by atoms with Gasteiger partial charge in [-0.2, -0.15) is 11.3 Å². The molecule has 1 aliphatic rings. The fourth-order valence-corrected chi connectivity index (χ4v) is 4.84. The monoisotopic (exact) mass is 358 g/mol. The number of likely N-dealkylation sites (tertiary alicyclic amines) is 1. The zero-order valence-corrected chi connectivity index (χ0v) is 15.3. The molecule has 0 aromatic carbocycles. The van der Waals surface area contributed by atoms with E-state index in [1.165, 1.54) is 48.8 Å². The van der Waals surface area contributed by atoms with Gasteiger partial charge in [0.2, 0.25) is 0 Å². The molecule has 1 aromatic heterocycles. The molecule has 0 radical (unpaired) electrons. The van der Waals surface area contributed by atoms with Gasteiger partial charge in [0.25, 0.3) is 0 Å². The maximum Gasteiger partial charge on any atom is 0.0523 e. The molecule has 4 heteroatoms. The molecule has 0 bridgehead atoms. The second kappa shape index (κ2) is 7.39. The molecule has 2 unspecified atom stereocenters. The number of rotatable bonds is 7. The van der Waals surface area contributed by atoms with Crippen LogP contribution in [0, 0.1) is 0 Å². The molecule has 0 saturated carbocycles. The van der Waals surface area contributed by atoms with Crippen LogP contribution in [-0.4, -0.2) is 30.1 Å². The van der Waals surface area contributed by atoms with Crippen LogP contribution < -0.4 is 5.32 Å². The summed E-state index contributed by atoms with van der Waals surface area (Å²) in [6.07, 6.45) is 5.05. The molecule has 1 saturated heterocycles. The molecule has 2 nitrogen and oxygen atoms in total. The van der Waals surface area contributed by atoms with E-state index in [-0.39, 0.29) is 5.54 Å². The highest BCUT2D eigenvalue weighted by Gasteiger charge is 2.40. The van der Waals surface area contributed by atoms with Gasteiger partial charge in [0.05, 0.1) is 6.04 Å². The Kier molecular flexibility index (Phi) is 6.09. The largest absolute Gasteiger partial charge is 0.308 e. The maximum atomic E-state index is 3.82. The van der Waals surface area contributed by atoms with Crippen molar-refractivity contribution in [1.82, 2.24) is 10.2 Å². The third-order valence-corrected chi connectivity index (χ3v) is 6.47. The Bertz CT molecular complexity index is 414. The van der Waals surface area contributed by atoms with Crippen molar-refractivity contribution in [2.24, 2.45) is 0 Å². The Morgan fingerprint density at radius 3 is 2.55 bits per heavy atom. The first kappa shape index (κ1) is 16.5. The third kappa shape index (κ3) is 3.29. The number of hydrogen-bond donors (Lipinski definition) is 1. The highest BCUT2D eigenvalue weighted by atomic mass is 79.9. The van der Waals surface area contributed by atoms with Crippen LogP contribution in [-0.2, 0) is 0 Å². The zero-order chi connectivity index (χ0) is 14.6. The van der Waals surface area contributed by atoms with Gasteiger partial charge in [-0.25, -0.2) is 0 Å². The van der Waals surface area contributed by atoms with Crippen molar-refractivity contribution in [2.75, 3.05) is 19.6 Å². The van der Waals surface area contributed by atoms with E-state index >= 15 is 0 Å². The van der Waals surface area contributed by atoms with E-state index in [1.807, 2.05) is 0 Å². The van der Waals surface area contributed by atoms with Crippen molar-refractivity contribution >= 4 is 27.3 Å². The summed E-state index contributed by atoms with van der Waals surface area (Å²) in [5.41, 5.74) is 1.63. The smallest absolute Gasteiger partial charge is 0.0523 e. The predicted molar refractivity (Wildman–Crippen MR) is 92.6 cm³/mol. The van der Waals surface area contributed by atoms with Crippen molar-refractivity contribution in [3.63, 3.8) is 0 Å². The second-order valence-electron chi connectivity index (χ2n) is 5.97. The molecule has 2 atom stereocenters. The molecule has 1 aromatic rings. The lowest BCUT2D eigenvalue weighted by atomic mass is 9.84. The van der Waals surface area contributed by atoms with Crippen LogP contribution in [0.5, 0.6) is 0 Å². The fourth-order valence-electron chi connectivity index (χ4n) is 3.29. The number of nitrogens with one attached hydrogen (secondary N) is 1. The second-order valence-corrected chi connectivity index (χ2v) is 7.56. The van der Waals surface area contributed by atoms with Gasteiger partial charge in [-0.3, -0.25) is 4.90 Å². The molecule has 2 heterocycles. The summed E-state index contributed by atoms with van der Waals surface area (Å²) < 4.78 is 1.26. The molecule has 1 fully saturated rings. The summed E-state index contributed by atoms with van der Waals surface area (Å²) in [5.74, 6) is 0. The summed E-state index contributed by atoms with van der Waals surface area (Å²) in [5, 5.41) is 8.33. The molecule has 114 valence electrons. The molecule has 0 spiro atoms. The van der Waals surface area contributed by atoms with Gasteiger partial charge in [0.15, 0.2) is 0 Å². The summed E-state index contributed by atoms with van der Waals surface area (Å²) in [4.78, 5) is 2.70. The maximum absolute atomic E-state index is 3.82. The van der Waals surface area contributed by atoms with E-state index in [9.17, 15) is 0 Å². The summed E-state index contributed by atoms with van der Waals surface area (Å²) in [6, 6.07) is 0.408. The Labute approximate surface area is 136 Å². The quantitative estimate of drug-likeness (QED) is 0.751. The highest BCUT2D eigenvalue weighted by molar-refractivity contribution is 9.10. The number of nitrogens with zero attached hydrogens (tertiary/aromatic N) is 1. The fraction of sp³-hybridized carbons (Fsp3) is 0.750. The molecular weight excluding hydrogens is 332 g/mol. The van der Waals surface area contributed by atoms with Gasteiger partial charge in [-0.15, -0.1) is 0 Å². The van der Waals surface area contributed by atoms with Crippen molar-refractivity contribution in [3.05, 3.63) is 20.8 Å². The minimum atomic E-state index is 0.204. The first-order valence-electron chi connectivity index (χ1n) is 7.83. The van der Waals surface area contributed by atoms with Crippen LogP contribution >= 0.6 is 27.3 Å². The van der Waals surface area contributed by atoms with Crippen LogP contribution in [0.25, 0.3) is 0 Å². The predicted octanol–water partition coefficient (Wildman–Crippen LogP) is 4.82. The SMILES string of the molecule is CCCNC(c1cscc1Br)C(C)(CC)N1CCCC1. The molecule has 0 aliphatic carbocycles. The Morgan fingerprint density at radius 2 is 2.05 bits per heavy atom. The van der Waals surface area contributed by atoms with Gasteiger partial charge in [0.1, 0.15) is 0 Å². The Hall–Kier alpha value is 0.1000. The van der Waals surface area contributed by atoms with Gasteiger partial charge in [0, 0.05) is 15.4 Å². The Balaban J connectivity index is 2.30. The van der Waals surface area contributed by atoms with Crippen molar-refractivity contribution < 1.29 is 0 Å². The lowest BCUT2D eigenvalue weighted by Gasteiger charge is -2.45. The van der Waals surface area contributed by atoms with E-state index in [4.69, 9.17) is 0 Å². The minimum absolute atomic E-state index is 0.204. The standard InChI is InChI=1S/C16H27BrN2S/c1-4-8-18-15(13-11-20-12-14(13)17)16(3,5-2)19-9-6-7-10-19/h11-12,15,18H,4-10H2,1-3H3. The first-order chi connectivity index (χ1) is 9.63. The van der Waals surface area contributed by atoms with Crippen LogP contribution in [0.1, 0.15) is 58.1 Å². The number of thiophene rings is 1. The van der Waals surface area contributed by atoms with Gasteiger partial charge < -0.3 is 5.32 Å². The van der Waals surface area contributed by atoms with Gasteiger partial charge in [-0.05, 0) is 79.1 Å². The summed E-state index contributed by atoms with van der Waals surface area (Å²) in [6.45, 7) is 10.6. The van der Waals surface area contributed by atoms with Crippen molar-refractivity contribution in [2.45, 2.75) is 58.0 Å². The van der Waals surface area contributed by atoms with E-state index < -0.39 is 0 Å². The first-order valence-corrected chi connectivity index (χ1v) is 9.57. The van der Waals surface area contributed by atoms with E-state index in [1.54, 1.807) is 11.3 Å². The van der Waals surface area contributed by atoms with Crippen molar-refractivity contribution in [1.29, 1.82) is 0 Å². The van der Waals surface area contributed by atoms with E-state index in [0.717, 1.165) is 6.54 Å². The molecule has 1 aliphatic heterocycles. The highest BCUT2D eigenvalue weighted by Crippen LogP contribution is 2.40.